The van der Waals surface area contributed by atoms with Crippen molar-refractivity contribution in [2.45, 2.75) is 44.7 Å². The number of imide groups is 1. The molecule has 9 nitrogen and oxygen atoms in total. The van der Waals surface area contributed by atoms with Gasteiger partial charge in [-0.2, -0.15) is 0 Å². The van der Waals surface area contributed by atoms with Crippen LogP contribution in [0.3, 0.4) is 0 Å². The predicted octanol–water partition coefficient (Wildman–Crippen LogP) is 2.55. The van der Waals surface area contributed by atoms with Crippen molar-refractivity contribution in [3.8, 4) is 0 Å². The Morgan fingerprint density at radius 3 is 2.07 bits per heavy atom. The number of carbonyl (C=O) groups excluding carboxylic acids is 3. The Kier molecular flexibility index (Phi) is 5.02. The van der Waals surface area contributed by atoms with Crippen LogP contribution >= 0.6 is 0 Å². The molecule has 1 N–H and O–H groups in total. The standard InChI is InChI=1S/C20H25N3O6/c1-19(2,3)23-16(25)20(9-11-21(12-10-20)18(27)28)22(17(23)26)14-7-5-13(6-8-14)15(24)29-4/h5-8H,9-12H2,1-4H3,(H,27,28). The normalized spacial score (nSPS) is 19.1. The smallest absolute Gasteiger partial charge is 0.407 e. The quantitative estimate of drug-likeness (QED) is 0.601. The molecule has 0 aliphatic carbocycles. The van der Waals surface area contributed by atoms with Crippen molar-refractivity contribution in [2.75, 3.05) is 25.1 Å². The number of carboxylic acid groups (broad SMARTS) is 1. The van der Waals surface area contributed by atoms with Gasteiger partial charge in [0.15, 0.2) is 0 Å². The lowest BCUT2D eigenvalue weighted by Gasteiger charge is -2.41. The molecular formula is C20H25N3O6. The van der Waals surface area contributed by atoms with Crippen molar-refractivity contribution >= 4 is 29.7 Å². The molecule has 2 heterocycles. The molecule has 29 heavy (non-hydrogen) atoms. The van der Waals surface area contributed by atoms with Crippen LogP contribution < -0.4 is 4.90 Å². The van der Waals surface area contributed by atoms with Gasteiger partial charge >= 0.3 is 18.1 Å². The SMILES string of the molecule is COC(=O)c1ccc(N2C(=O)N(C(C)(C)C)C(=O)C23CCN(C(=O)O)CC3)cc1. The lowest BCUT2D eigenvalue weighted by molar-refractivity contribution is -0.135. The van der Waals surface area contributed by atoms with Crippen molar-refractivity contribution in [1.29, 1.82) is 0 Å². The maximum Gasteiger partial charge on any atom is 0.407 e. The van der Waals surface area contributed by atoms with E-state index in [1.54, 1.807) is 45.0 Å². The molecule has 0 unspecified atom stereocenters. The number of benzene rings is 1. The Labute approximate surface area is 168 Å². The first kappa shape index (κ1) is 20.6. The Morgan fingerprint density at radius 1 is 1.07 bits per heavy atom. The van der Waals surface area contributed by atoms with Crippen molar-refractivity contribution in [3.05, 3.63) is 29.8 Å². The molecule has 9 heteroatoms. The molecule has 1 aromatic carbocycles. The fourth-order valence-corrected chi connectivity index (χ4v) is 3.99. The van der Waals surface area contributed by atoms with Crippen LogP contribution in [0.4, 0.5) is 15.3 Å². The first-order valence-electron chi connectivity index (χ1n) is 9.38. The predicted molar refractivity (Wildman–Crippen MR) is 104 cm³/mol. The van der Waals surface area contributed by atoms with Gasteiger partial charge in [0, 0.05) is 24.3 Å². The number of methoxy groups -OCH3 is 1. The highest BCUT2D eigenvalue weighted by Crippen LogP contribution is 2.43. The van der Waals surface area contributed by atoms with Crippen LogP contribution in [0.15, 0.2) is 24.3 Å². The molecule has 156 valence electrons. The van der Waals surface area contributed by atoms with Crippen molar-refractivity contribution in [1.82, 2.24) is 9.80 Å². The van der Waals surface area contributed by atoms with Gasteiger partial charge in [0.05, 0.1) is 12.7 Å². The summed E-state index contributed by atoms with van der Waals surface area (Å²) in [7, 11) is 1.28. The first-order valence-corrected chi connectivity index (χ1v) is 9.38. The number of nitrogens with zero attached hydrogens (tertiary/aromatic N) is 3. The summed E-state index contributed by atoms with van der Waals surface area (Å²) in [5, 5.41) is 9.26. The molecule has 3 rings (SSSR count). The summed E-state index contributed by atoms with van der Waals surface area (Å²) >= 11 is 0. The fourth-order valence-electron chi connectivity index (χ4n) is 3.99. The molecule has 1 aromatic rings. The maximum atomic E-state index is 13.4. The number of anilines is 1. The van der Waals surface area contributed by atoms with Gasteiger partial charge in [0.2, 0.25) is 0 Å². The van der Waals surface area contributed by atoms with Gasteiger partial charge in [0.1, 0.15) is 5.54 Å². The monoisotopic (exact) mass is 403 g/mol. The number of rotatable bonds is 2. The number of likely N-dealkylation sites (tertiary alicyclic amines) is 1. The molecular weight excluding hydrogens is 378 g/mol. The molecule has 2 saturated heterocycles. The third-order valence-corrected chi connectivity index (χ3v) is 5.49. The van der Waals surface area contributed by atoms with Gasteiger partial charge in [-0.15, -0.1) is 0 Å². The van der Waals surface area contributed by atoms with Crippen molar-refractivity contribution < 1.29 is 29.0 Å². The molecule has 2 fully saturated rings. The molecule has 1 spiro atoms. The third-order valence-electron chi connectivity index (χ3n) is 5.49. The number of carbonyl (C=O) groups is 4. The van der Waals surface area contributed by atoms with Gasteiger partial charge in [-0.1, -0.05) is 0 Å². The third kappa shape index (κ3) is 3.30. The van der Waals surface area contributed by atoms with Crippen LogP contribution in [0.1, 0.15) is 44.0 Å². The summed E-state index contributed by atoms with van der Waals surface area (Å²) in [6.07, 6.45) is -0.636. The van der Waals surface area contributed by atoms with Crippen LogP contribution in [0.2, 0.25) is 0 Å². The van der Waals surface area contributed by atoms with E-state index in [1.165, 1.54) is 21.8 Å². The van der Waals surface area contributed by atoms with Crippen molar-refractivity contribution in [2.24, 2.45) is 0 Å². The van der Waals surface area contributed by atoms with Crippen LogP contribution in [-0.4, -0.2) is 70.2 Å². The highest BCUT2D eigenvalue weighted by molar-refractivity contribution is 6.17. The molecule has 0 atom stereocenters. The average molecular weight is 403 g/mol. The number of hydrogen-bond donors (Lipinski definition) is 1. The summed E-state index contributed by atoms with van der Waals surface area (Å²) in [6.45, 7) is 5.67. The average Bonchev–Trinajstić information content (AvgIpc) is 2.88. The molecule has 2 aliphatic rings. The minimum atomic E-state index is -1.15. The van der Waals surface area contributed by atoms with E-state index in [0.717, 1.165) is 0 Å². The molecule has 2 aliphatic heterocycles. The van der Waals surface area contributed by atoms with E-state index < -0.39 is 29.2 Å². The molecule has 0 radical (unpaired) electrons. The van der Waals surface area contributed by atoms with E-state index in [0.29, 0.717) is 11.3 Å². The minimum Gasteiger partial charge on any atom is -0.465 e. The van der Waals surface area contributed by atoms with Crippen LogP contribution in [0, 0.1) is 0 Å². The summed E-state index contributed by atoms with van der Waals surface area (Å²) in [6, 6.07) is 5.85. The van der Waals surface area contributed by atoms with E-state index in [4.69, 9.17) is 4.74 Å². The number of amides is 4. The highest BCUT2D eigenvalue weighted by atomic mass is 16.5. The summed E-state index contributed by atoms with van der Waals surface area (Å²) in [5.41, 5.74) is -1.07. The Balaban J connectivity index is 2.04. The van der Waals surface area contributed by atoms with Gasteiger partial charge in [-0.25, -0.2) is 14.4 Å². The van der Waals surface area contributed by atoms with E-state index >= 15 is 0 Å². The number of hydrogen-bond acceptors (Lipinski definition) is 5. The van der Waals surface area contributed by atoms with Gasteiger partial charge in [0.25, 0.3) is 5.91 Å². The lowest BCUT2D eigenvalue weighted by Crippen LogP contribution is -2.58. The molecule has 0 saturated carbocycles. The van der Waals surface area contributed by atoms with Crippen molar-refractivity contribution in [3.63, 3.8) is 0 Å². The number of esters is 1. The zero-order chi connectivity index (χ0) is 21.6. The summed E-state index contributed by atoms with van der Waals surface area (Å²) in [5.74, 6) is -0.821. The zero-order valence-corrected chi connectivity index (χ0v) is 17.0. The minimum absolute atomic E-state index is 0.156. The second-order valence-electron chi connectivity index (χ2n) is 8.27. The molecule has 0 aromatic heterocycles. The lowest BCUT2D eigenvalue weighted by atomic mass is 9.85. The Hall–Kier alpha value is -3.10. The topological polar surface area (TPSA) is 107 Å². The number of urea groups is 1. The second-order valence-corrected chi connectivity index (χ2v) is 8.27. The fraction of sp³-hybridized carbons (Fsp3) is 0.500. The van der Waals surface area contributed by atoms with Gasteiger partial charge in [-0.3, -0.25) is 14.6 Å². The van der Waals surface area contributed by atoms with E-state index in [-0.39, 0.29) is 31.8 Å². The largest absolute Gasteiger partial charge is 0.465 e. The van der Waals surface area contributed by atoms with E-state index in [1.807, 2.05) is 0 Å². The van der Waals surface area contributed by atoms with E-state index in [9.17, 15) is 24.3 Å². The zero-order valence-electron chi connectivity index (χ0n) is 17.0. The van der Waals surface area contributed by atoms with Crippen LogP contribution in [0.25, 0.3) is 0 Å². The first-order chi connectivity index (χ1) is 13.5. The van der Waals surface area contributed by atoms with Gasteiger partial charge in [-0.05, 0) is 57.9 Å². The maximum absolute atomic E-state index is 13.4. The number of ether oxygens (including phenoxy) is 1. The van der Waals surface area contributed by atoms with Crippen LogP contribution in [-0.2, 0) is 9.53 Å². The molecule has 0 bridgehead atoms. The van der Waals surface area contributed by atoms with Crippen LogP contribution in [0.5, 0.6) is 0 Å². The molecule has 4 amide bonds. The number of piperidine rings is 1. The summed E-state index contributed by atoms with van der Waals surface area (Å²) < 4.78 is 4.70. The van der Waals surface area contributed by atoms with E-state index in [2.05, 4.69) is 0 Å². The summed E-state index contributed by atoms with van der Waals surface area (Å²) in [4.78, 5) is 53.8. The second kappa shape index (κ2) is 7.06. The highest BCUT2D eigenvalue weighted by Gasteiger charge is 2.61. The Bertz CT molecular complexity index is 850. The Morgan fingerprint density at radius 2 is 1.62 bits per heavy atom. The van der Waals surface area contributed by atoms with Gasteiger partial charge < -0.3 is 14.7 Å².